The number of nitrogens with zero attached hydrogens (tertiary/aromatic N) is 2. The Balaban J connectivity index is 2.11. The van der Waals surface area contributed by atoms with Crippen molar-refractivity contribution >= 4 is 0 Å². The first-order valence-electron chi connectivity index (χ1n) is 7.55. The van der Waals surface area contributed by atoms with Crippen LogP contribution in [0.1, 0.15) is 63.7 Å². The van der Waals surface area contributed by atoms with Crippen LogP contribution in [0.5, 0.6) is 0 Å². The molecule has 1 aromatic heterocycles. The molecule has 18 heavy (non-hydrogen) atoms. The van der Waals surface area contributed by atoms with Crippen molar-refractivity contribution in [2.24, 2.45) is 0 Å². The van der Waals surface area contributed by atoms with Crippen molar-refractivity contribution in [2.45, 2.75) is 70.9 Å². The molecule has 1 saturated carbocycles. The minimum absolute atomic E-state index is 0.597. The summed E-state index contributed by atoms with van der Waals surface area (Å²) in [7, 11) is 0. The summed E-state index contributed by atoms with van der Waals surface area (Å²) in [5, 5.41) is 3.76. The second-order valence-electron chi connectivity index (χ2n) is 5.50. The molecule has 3 nitrogen and oxygen atoms in total. The molecule has 1 heterocycles. The predicted molar refractivity (Wildman–Crippen MR) is 75.8 cm³/mol. The van der Waals surface area contributed by atoms with E-state index >= 15 is 0 Å². The first kappa shape index (κ1) is 13.6. The summed E-state index contributed by atoms with van der Waals surface area (Å²) >= 11 is 0. The molecule has 2 atom stereocenters. The van der Waals surface area contributed by atoms with Crippen molar-refractivity contribution in [3.8, 4) is 0 Å². The SMILES string of the molecule is CCCNC1CCCCCCC1n1ccnc1C. The number of imidazole rings is 1. The molecule has 2 unspecified atom stereocenters. The maximum atomic E-state index is 4.40. The molecule has 0 amide bonds. The average molecular weight is 249 g/mol. The van der Waals surface area contributed by atoms with Gasteiger partial charge >= 0.3 is 0 Å². The molecule has 0 aliphatic heterocycles. The molecule has 0 aromatic carbocycles. The summed E-state index contributed by atoms with van der Waals surface area (Å²) in [6.07, 6.45) is 13.4. The standard InChI is InChI=1S/C15H27N3/c1-3-10-17-14-8-6-4-5-7-9-15(14)18-12-11-16-13(18)2/h11-12,14-15,17H,3-10H2,1-2H3. The van der Waals surface area contributed by atoms with Crippen LogP contribution in [0.2, 0.25) is 0 Å². The molecule has 0 bridgehead atoms. The number of hydrogen-bond acceptors (Lipinski definition) is 2. The lowest BCUT2D eigenvalue weighted by Gasteiger charge is -2.32. The van der Waals surface area contributed by atoms with Gasteiger partial charge in [0.05, 0.1) is 6.04 Å². The van der Waals surface area contributed by atoms with Crippen molar-refractivity contribution in [3.63, 3.8) is 0 Å². The highest BCUT2D eigenvalue weighted by molar-refractivity contribution is 4.96. The molecular weight excluding hydrogens is 222 g/mol. The van der Waals surface area contributed by atoms with E-state index in [-0.39, 0.29) is 0 Å². The van der Waals surface area contributed by atoms with E-state index in [1.54, 1.807) is 0 Å². The maximum absolute atomic E-state index is 4.40. The summed E-state index contributed by atoms with van der Waals surface area (Å²) < 4.78 is 2.39. The summed E-state index contributed by atoms with van der Waals surface area (Å²) in [4.78, 5) is 4.40. The van der Waals surface area contributed by atoms with Gasteiger partial charge in [0.1, 0.15) is 5.82 Å². The molecule has 2 rings (SSSR count). The first-order valence-corrected chi connectivity index (χ1v) is 7.55. The highest BCUT2D eigenvalue weighted by Crippen LogP contribution is 2.27. The average Bonchev–Trinajstić information content (AvgIpc) is 2.75. The highest BCUT2D eigenvalue weighted by atomic mass is 15.1. The minimum atomic E-state index is 0.597. The van der Waals surface area contributed by atoms with Gasteiger partial charge in [-0.2, -0.15) is 0 Å². The van der Waals surface area contributed by atoms with Gasteiger partial charge in [-0.25, -0.2) is 4.98 Å². The van der Waals surface area contributed by atoms with E-state index < -0.39 is 0 Å². The van der Waals surface area contributed by atoms with Gasteiger partial charge in [-0.1, -0.05) is 32.6 Å². The molecule has 1 N–H and O–H groups in total. The van der Waals surface area contributed by atoms with Crippen LogP contribution in [0.15, 0.2) is 12.4 Å². The fourth-order valence-electron chi connectivity index (χ4n) is 3.10. The van der Waals surface area contributed by atoms with E-state index in [0.29, 0.717) is 12.1 Å². The van der Waals surface area contributed by atoms with Crippen molar-refractivity contribution in [3.05, 3.63) is 18.2 Å². The third kappa shape index (κ3) is 3.35. The van der Waals surface area contributed by atoms with Gasteiger partial charge < -0.3 is 9.88 Å². The number of rotatable bonds is 4. The van der Waals surface area contributed by atoms with E-state index in [0.717, 1.165) is 12.4 Å². The van der Waals surface area contributed by atoms with Gasteiger partial charge in [0.25, 0.3) is 0 Å². The first-order chi connectivity index (χ1) is 8.83. The van der Waals surface area contributed by atoms with Crippen molar-refractivity contribution in [1.82, 2.24) is 14.9 Å². The lowest BCUT2D eigenvalue weighted by molar-refractivity contribution is 0.280. The number of aryl methyl sites for hydroxylation is 1. The Labute approximate surface area is 111 Å². The summed E-state index contributed by atoms with van der Waals surface area (Å²) in [5.41, 5.74) is 0. The minimum Gasteiger partial charge on any atom is -0.331 e. The molecule has 1 fully saturated rings. The molecule has 102 valence electrons. The van der Waals surface area contributed by atoms with Crippen molar-refractivity contribution < 1.29 is 0 Å². The zero-order chi connectivity index (χ0) is 12.8. The quantitative estimate of drug-likeness (QED) is 0.885. The van der Waals surface area contributed by atoms with Crippen LogP contribution in [0.3, 0.4) is 0 Å². The third-order valence-electron chi connectivity index (χ3n) is 4.11. The fourth-order valence-corrected chi connectivity index (χ4v) is 3.10. The zero-order valence-corrected chi connectivity index (χ0v) is 11.9. The molecule has 0 saturated heterocycles. The van der Waals surface area contributed by atoms with Gasteiger partial charge in [-0.05, 0) is 32.7 Å². The van der Waals surface area contributed by atoms with E-state index in [9.17, 15) is 0 Å². The lowest BCUT2D eigenvalue weighted by Crippen LogP contribution is -2.39. The van der Waals surface area contributed by atoms with E-state index in [2.05, 4.69) is 34.9 Å². The number of hydrogen-bond donors (Lipinski definition) is 1. The number of aromatic nitrogens is 2. The summed E-state index contributed by atoms with van der Waals surface area (Å²) in [5.74, 6) is 1.16. The van der Waals surface area contributed by atoms with Crippen LogP contribution < -0.4 is 5.32 Å². The molecule has 1 aliphatic carbocycles. The maximum Gasteiger partial charge on any atom is 0.105 e. The van der Waals surface area contributed by atoms with E-state index in [1.807, 2.05) is 6.20 Å². The third-order valence-corrected chi connectivity index (χ3v) is 4.11. The van der Waals surface area contributed by atoms with Crippen molar-refractivity contribution in [2.75, 3.05) is 6.54 Å². The topological polar surface area (TPSA) is 29.9 Å². The van der Waals surface area contributed by atoms with Gasteiger partial charge in [-0.3, -0.25) is 0 Å². The Morgan fingerprint density at radius 3 is 2.72 bits per heavy atom. The Hall–Kier alpha value is -0.830. The van der Waals surface area contributed by atoms with Crippen molar-refractivity contribution in [1.29, 1.82) is 0 Å². The van der Waals surface area contributed by atoms with Crippen LogP contribution in [-0.2, 0) is 0 Å². The highest BCUT2D eigenvalue weighted by Gasteiger charge is 2.24. The van der Waals surface area contributed by atoms with Crippen LogP contribution in [0.4, 0.5) is 0 Å². The summed E-state index contributed by atoms with van der Waals surface area (Å²) in [6.45, 7) is 5.50. The monoisotopic (exact) mass is 249 g/mol. The van der Waals surface area contributed by atoms with Gasteiger partial charge in [-0.15, -0.1) is 0 Å². The largest absolute Gasteiger partial charge is 0.331 e. The fraction of sp³-hybridized carbons (Fsp3) is 0.800. The Kier molecular flexibility index (Phi) is 5.24. The molecule has 3 heteroatoms. The smallest absolute Gasteiger partial charge is 0.105 e. The molecular formula is C15H27N3. The van der Waals surface area contributed by atoms with Gasteiger partial charge in [0.15, 0.2) is 0 Å². The van der Waals surface area contributed by atoms with Crippen LogP contribution in [0, 0.1) is 6.92 Å². The number of nitrogens with one attached hydrogen (secondary N) is 1. The van der Waals surface area contributed by atoms with Crippen LogP contribution >= 0.6 is 0 Å². The van der Waals surface area contributed by atoms with Gasteiger partial charge in [0, 0.05) is 18.4 Å². The second kappa shape index (κ2) is 6.93. The molecule has 1 aromatic rings. The Morgan fingerprint density at radius 2 is 2.06 bits per heavy atom. The van der Waals surface area contributed by atoms with Crippen LogP contribution in [-0.4, -0.2) is 22.1 Å². The normalized spacial score (nSPS) is 25.7. The molecule has 0 spiro atoms. The Bertz CT molecular complexity index is 343. The lowest BCUT2D eigenvalue weighted by atomic mass is 9.92. The van der Waals surface area contributed by atoms with E-state index in [1.165, 1.54) is 44.9 Å². The predicted octanol–water partition coefficient (Wildman–Crippen LogP) is 3.46. The van der Waals surface area contributed by atoms with Gasteiger partial charge in [0.2, 0.25) is 0 Å². The zero-order valence-electron chi connectivity index (χ0n) is 11.9. The summed E-state index contributed by atoms with van der Waals surface area (Å²) in [6, 6.07) is 1.22. The molecule has 1 aliphatic rings. The Morgan fingerprint density at radius 1 is 1.28 bits per heavy atom. The van der Waals surface area contributed by atoms with Crippen LogP contribution in [0.25, 0.3) is 0 Å². The molecule has 0 radical (unpaired) electrons. The van der Waals surface area contributed by atoms with E-state index in [4.69, 9.17) is 0 Å². The second-order valence-corrected chi connectivity index (χ2v) is 5.50.